The van der Waals surface area contributed by atoms with Gasteiger partial charge in [0.15, 0.2) is 5.79 Å². The lowest BCUT2D eigenvalue weighted by atomic mass is 9.70. The molecule has 1 unspecified atom stereocenters. The molecule has 1 spiro atoms. The minimum Gasteiger partial charge on any atom is -0.462 e. The maximum absolute atomic E-state index is 14.1. The van der Waals surface area contributed by atoms with E-state index in [0.29, 0.717) is 18.4 Å². The molecular formula is C34H50O9. The molecule has 0 amide bonds. The standard InChI is InChI=1S/C34H50O9/c1-18(2)29-22(6)27(35)16-33(43-29)15-25-14-24(42-33)12-11-20(4)28(36)19(3)9-8-10-23-17-40-31-30(39-7)21(5)13-26(32(37)41-25)34(23,31)38/h8-11,13,18-19,22,24-31,35-36,38H,12,14-17H2,1-7H3/b9-8+,20-11+,23-10+/t19-,22-,24+,25-,26?,27-,28-,29+,30+,31+,33-,34+/m0/s1. The first kappa shape index (κ1) is 32.5. The maximum atomic E-state index is 14.1. The van der Waals surface area contributed by atoms with E-state index < -0.39 is 53.8 Å². The molecule has 5 rings (SSSR count). The van der Waals surface area contributed by atoms with Crippen LogP contribution in [0.3, 0.4) is 0 Å². The second-order valence-corrected chi connectivity index (χ2v) is 13.8. The lowest BCUT2D eigenvalue weighted by Gasteiger charge is -2.52. The zero-order chi connectivity index (χ0) is 31.3. The van der Waals surface area contributed by atoms with Gasteiger partial charge in [0.1, 0.15) is 29.8 Å². The molecule has 0 aromatic heterocycles. The van der Waals surface area contributed by atoms with Crippen LogP contribution < -0.4 is 0 Å². The van der Waals surface area contributed by atoms with E-state index in [4.69, 9.17) is 23.7 Å². The molecule has 0 radical (unpaired) electrons. The number of hydrogen-bond donors (Lipinski definition) is 3. The maximum Gasteiger partial charge on any atom is 0.316 e. The minimum absolute atomic E-state index is 0.0733. The van der Waals surface area contributed by atoms with Crippen molar-refractivity contribution in [2.45, 2.75) is 121 Å². The van der Waals surface area contributed by atoms with Crippen LogP contribution >= 0.6 is 0 Å². The van der Waals surface area contributed by atoms with E-state index in [9.17, 15) is 20.1 Å². The summed E-state index contributed by atoms with van der Waals surface area (Å²) >= 11 is 0. The van der Waals surface area contributed by atoms with Gasteiger partial charge in [-0.25, -0.2) is 0 Å². The molecule has 3 fully saturated rings. The van der Waals surface area contributed by atoms with Gasteiger partial charge in [0.05, 0.1) is 31.0 Å². The molecular weight excluding hydrogens is 552 g/mol. The fourth-order valence-electron chi connectivity index (χ4n) is 7.74. The van der Waals surface area contributed by atoms with Crippen LogP contribution in [-0.2, 0) is 28.5 Å². The quantitative estimate of drug-likeness (QED) is 0.320. The average Bonchev–Trinajstić information content (AvgIpc) is 3.28. The first-order valence-electron chi connectivity index (χ1n) is 15.8. The van der Waals surface area contributed by atoms with Crippen molar-refractivity contribution >= 4 is 5.97 Å². The first-order valence-corrected chi connectivity index (χ1v) is 15.8. The number of carbonyl (C=O) groups is 1. The van der Waals surface area contributed by atoms with Gasteiger partial charge in [0.2, 0.25) is 0 Å². The smallest absolute Gasteiger partial charge is 0.316 e. The molecule has 0 aromatic rings. The fourth-order valence-corrected chi connectivity index (χ4v) is 7.74. The van der Waals surface area contributed by atoms with Crippen molar-refractivity contribution in [3.8, 4) is 0 Å². The van der Waals surface area contributed by atoms with E-state index in [0.717, 1.165) is 11.1 Å². The highest BCUT2D eigenvalue weighted by Crippen LogP contribution is 2.48. The van der Waals surface area contributed by atoms with Gasteiger partial charge in [0.25, 0.3) is 0 Å². The third-order valence-electron chi connectivity index (χ3n) is 10.3. The number of esters is 1. The molecule has 240 valence electrons. The van der Waals surface area contributed by atoms with Crippen LogP contribution in [-0.4, -0.2) is 89.1 Å². The van der Waals surface area contributed by atoms with E-state index in [1.807, 2.05) is 39.8 Å². The van der Waals surface area contributed by atoms with Crippen molar-refractivity contribution < 1.29 is 43.8 Å². The van der Waals surface area contributed by atoms with Crippen LogP contribution in [0, 0.1) is 23.7 Å². The van der Waals surface area contributed by atoms with Crippen LogP contribution in [0.2, 0.25) is 0 Å². The number of carbonyl (C=O) groups excluding carboxylic acids is 1. The van der Waals surface area contributed by atoms with Crippen molar-refractivity contribution in [3.63, 3.8) is 0 Å². The number of rotatable bonds is 2. The number of ether oxygens (including phenoxy) is 5. The molecule has 43 heavy (non-hydrogen) atoms. The third-order valence-corrected chi connectivity index (χ3v) is 10.3. The number of allylic oxidation sites excluding steroid dienone is 2. The SMILES string of the molecule is CO[C@@H]1C(C)=CC2C(=O)O[C@H]3C[C@@H](C/C=C(\C)[C@@H](O)[C@@H](C)/C=C/C=C4\CO[C@H]1[C@@]42O)O[C@]1(C3)C[C@H](O)[C@H](C)[C@@H](C(C)C)O1. The zero-order valence-electron chi connectivity index (χ0n) is 26.6. The van der Waals surface area contributed by atoms with Crippen molar-refractivity contribution in [1.29, 1.82) is 0 Å². The lowest BCUT2D eigenvalue weighted by Crippen LogP contribution is -2.60. The Morgan fingerprint density at radius 3 is 2.51 bits per heavy atom. The largest absolute Gasteiger partial charge is 0.462 e. The van der Waals surface area contributed by atoms with Gasteiger partial charge in [-0.1, -0.05) is 58.1 Å². The van der Waals surface area contributed by atoms with E-state index in [1.54, 1.807) is 25.3 Å². The molecule has 4 aliphatic heterocycles. The van der Waals surface area contributed by atoms with Crippen molar-refractivity contribution in [2.24, 2.45) is 23.7 Å². The predicted molar refractivity (Wildman–Crippen MR) is 160 cm³/mol. The summed E-state index contributed by atoms with van der Waals surface area (Å²) in [6, 6.07) is 0. The lowest BCUT2D eigenvalue weighted by molar-refractivity contribution is -0.353. The highest BCUT2D eigenvalue weighted by atomic mass is 16.7. The molecule has 5 aliphatic rings. The molecule has 12 atom stereocenters. The molecule has 3 N–H and O–H groups in total. The molecule has 4 heterocycles. The van der Waals surface area contributed by atoms with Crippen molar-refractivity contribution in [3.05, 3.63) is 47.1 Å². The van der Waals surface area contributed by atoms with Gasteiger partial charge >= 0.3 is 5.97 Å². The van der Waals surface area contributed by atoms with Crippen LogP contribution in [0.25, 0.3) is 0 Å². The third kappa shape index (κ3) is 6.07. The Labute approximate surface area is 255 Å². The van der Waals surface area contributed by atoms with Crippen molar-refractivity contribution in [1.82, 2.24) is 0 Å². The topological polar surface area (TPSA) is 124 Å². The highest BCUT2D eigenvalue weighted by molar-refractivity contribution is 5.78. The van der Waals surface area contributed by atoms with Gasteiger partial charge in [-0.15, -0.1) is 0 Å². The monoisotopic (exact) mass is 602 g/mol. The Bertz CT molecular complexity index is 1170. The van der Waals surface area contributed by atoms with Gasteiger partial charge in [0, 0.05) is 38.2 Å². The molecule has 1 aliphatic carbocycles. The van der Waals surface area contributed by atoms with Gasteiger partial charge < -0.3 is 39.0 Å². The van der Waals surface area contributed by atoms with Gasteiger partial charge in [-0.05, 0) is 42.9 Å². The summed E-state index contributed by atoms with van der Waals surface area (Å²) in [7, 11) is 1.56. The Kier molecular flexibility index (Phi) is 9.46. The molecule has 9 nitrogen and oxygen atoms in total. The van der Waals surface area contributed by atoms with E-state index >= 15 is 0 Å². The van der Waals surface area contributed by atoms with E-state index in [2.05, 4.69) is 13.8 Å². The average molecular weight is 603 g/mol. The van der Waals surface area contributed by atoms with E-state index in [1.165, 1.54) is 0 Å². The molecule has 0 saturated carbocycles. The van der Waals surface area contributed by atoms with Crippen LogP contribution in [0.5, 0.6) is 0 Å². The second-order valence-electron chi connectivity index (χ2n) is 13.8. The molecule has 9 heteroatoms. The van der Waals surface area contributed by atoms with Crippen LogP contribution in [0.15, 0.2) is 47.1 Å². The molecule has 3 saturated heterocycles. The van der Waals surface area contributed by atoms with Gasteiger partial charge in [-0.2, -0.15) is 0 Å². The molecule has 0 aromatic carbocycles. The second kappa shape index (κ2) is 12.5. The number of fused-ring (bicyclic) bond motifs is 2. The highest BCUT2D eigenvalue weighted by Gasteiger charge is 2.60. The fraction of sp³-hybridized carbons (Fsp3) is 0.735. The van der Waals surface area contributed by atoms with Crippen molar-refractivity contribution in [2.75, 3.05) is 13.7 Å². The minimum atomic E-state index is -1.67. The summed E-state index contributed by atoms with van der Waals surface area (Å²) in [5.41, 5.74) is 0.479. The molecule has 2 bridgehead atoms. The van der Waals surface area contributed by atoms with E-state index in [-0.39, 0.29) is 49.4 Å². The Morgan fingerprint density at radius 2 is 1.81 bits per heavy atom. The summed E-state index contributed by atoms with van der Waals surface area (Å²) in [5, 5.41) is 34.5. The summed E-state index contributed by atoms with van der Waals surface area (Å²) in [4.78, 5) is 14.1. The number of aliphatic hydroxyl groups is 3. The normalized spacial score (nSPS) is 48.9. The van der Waals surface area contributed by atoms with Crippen LogP contribution in [0.1, 0.15) is 67.2 Å². The summed E-state index contributed by atoms with van der Waals surface area (Å²) in [6.45, 7) is 12.0. The summed E-state index contributed by atoms with van der Waals surface area (Å²) < 4.78 is 31.3. The number of hydrogen-bond acceptors (Lipinski definition) is 9. The zero-order valence-corrected chi connectivity index (χ0v) is 26.6. The number of methoxy groups -OCH3 is 1. The first-order chi connectivity index (χ1) is 20.3. The Morgan fingerprint density at radius 1 is 1.07 bits per heavy atom. The van der Waals surface area contributed by atoms with Crippen LogP contribution in [0.4, 0.5) is 0 Å². The van der Waals surface area contributed by atoms with Gasteiger partial charge in [-0.3, -0.25) is 4.79 Å². The summed E-state index contributed by atoms with van der Waals surface area (Å²) in [6.07, 6.45) is 6.79. The predicted octanol–water partition coefficient (Wildman–Crippen LogP) is 3.77. The Balaban J connectivity index is 1.55. The summed E-state index contributed by atoms with van der Waals surface area (Å²) in [5.74, 6) is -2.82. The Hall–Kier alpha value is -1.85. The number of aliphatic hydroxyl groups excluding tert-OH is 2.